The maximum atomic E-state index is 5.36. The van der Waals surface area contributed by atoms with E-state index in [4.69, 9.17) is 9.97 Å². The SMILES string of the molecule is CC1(C)c2ccccc2N(c2nc(-c3ccccc3)cc(-c3ccccc3)n2)c2c1c1ccccc1c1c2sc2ccccc21. The minimum Gasteiger partial charge on any atom is -0.277 e. The van der Waals surface area contributed by atoms with Crippen LogP contribution in [0.1, 0.15) is 25.0 Å². The average Bonchev–Trinajstić information content (AvgIpc) is 3.49. The Morgan fingerprint density at radius 1 is 0.578 bits per heavy atom. The van der Waals surface area contributed by atoms with Gasteiger partial charge in [-0.15, -0.1) is 11.3 Å². The molecular formula is C41H29N3S. The Labute approximate surface area is 266 Å². The Morgan fingerprint density at radius 2 is 1.13 bits per heavy atom. The van der Waals surface area contributed by atoms with Crippen molar-refractivity contribution in [2.24, 2.45) is 0 Å². The monoisotopic (exact) mass is 595 g/mol. The van der Waals surface area contributed by atoms with E-state index in [1.165, 1.54) is 47.8 Å². The van der Waals surface area contributed by atoms with E-state index >= 15 is 0 Å². The molecule has 3 nitrogen and oxygen atoms in total. The van der Waals surface area contributed by atoms with Crippen LogP contribution in [0.3, 0.4) is 0 Å². The van der Waals surface area contributed by atoms with Crippen LogP contribution >= 0.6 is 11.3 Å². The van der Waals surface area contributed by atoms with E-state index < -0.39 is 0 Å². The number of hydrogen-bond acceptors (Lipinski definition) is 4. The van der Waals surface area contributed by atoms with Gasteiger partial charge in [-0.05, 0) is 40.1 Å². The molecule has 0 unspecified atom stereocenters. The predicted molar refractivity (Wildman–Crippen MR) is 190 cm³/mol. The van der Waals surface area contributed by atoms with Crippen molar-refractivity contribution in [3.63, 3.8) is 0 Å². The van der Waals surface area contributed by atoms with E-state index in [9.17, 15) is 0 Å². The fourth-order valence-corrected chi connectivity index (χ4v) is 8.45. The normalized spacial score (nSPS) is 13.7. The molecule has 0 saturated carbocycles. The lowest BCUT2D eigenvalue weighted by Gasteiger charge is -2.42. The van der Waals surface area contributed by atoms with Crippen LogP contribution in [0.25, 0.3) is 53.5 Å². The number of anilines is 3. The first-order valence-electron chi connectivity index (χ1n) is 15.4. The molecule has 45 heavy (non-hydrogen) atoms. The number of hydrogen-bond donors (Lipinski definition) is 0. The fourth-order valence-electron chi connectivity index (χ4n) is 7.19. The summed E-state index contributed by atoms with van der Waals surface area (Å²) in [6, 6.07) is 49.5. The highest BCUT2D eigenvalue weighted by molar-refractivity contribution is 7.26. The van der Waals surface area contributed by atoms with E-state index in [1.807, 2.05) is 23.5 Å². The second kappa shape index (κ2) is 9.85. The summed E-state index contributed by atoms with van der Waals surface area (Å²) in [7, 11) is 0. The third-order valence-electron chi connectivity index (χ3n) is 9.23. The quantitative estimate of drug-likeness (QED) is 0.203. The molecule has 0 N–H and O–H groups in total. The summed E-state index contributed by atoms with van der Waals surface area (Å²) in [6.07, 6.45) is 0. The van der Waals surface area contributed by atoms with Crippen LogP contribution in [-0.4, -0.2) is 9.97 Å². The number of thiophene rings is 1. The summed E-state index contributed by atoms with van der Waals surface area (Å²) < 4.78 is 2.55. The zero-order valence-electron chi connectivity index (χ0n) is 25.0. The molecule has 214 valence electrons. The minimum absolute atomic E-state index is 0.258. The Balaban J connectivity index is 1.45. The van der Waals surface area contributed by atoms with Crippen molar-refractivity contribution < 1.29 is 0 Å². The molecule has 0 amide bonds. The Bertz CT molecular complexity index is 2350. The number of aromatic nitrogens is 2. The van der Waals surface area contributed by atoms with Gasteiger partial charge in [0.05, 0.1) is 27.5 Å². The van der Waals surface area contributed by atoms with E-state index in [-0.39, 0.29) is 5.41 Å². The van der Waals surface area contributed by atoms with Gasteiger partial charge < -0.3 is 0 Å². The standard InChI is InChI=1S/C41H29N3S/c1-41(2)31-22-12-13-23-34(31)44(40-42-32(26-15-5-3-6-16-26)25-33(43-40)27-17-7-4-8-18-27)38-37(41)29-20-10-9-19-28(29)36-30-21-11-14-24-35(30)45-39(36)38/h3-25H,1-2H3. The summed E-state index contributed by atoms with van der Waals surface area (Å²) >= 11 is 1.87. The minimum atomic E-state index is -0.258. The lowest BCUT2D eigenvalue weighted by molar-refractivity contribution is 0.638. The molecule has 2 aromatic heterocycles. The highest BCUT2D eigenvalue weighted by Gasteiger charge is 2.41. The smallest absolute Gasteiger partial charge is 0.235 e. The Hall–Kier alpha value is -5.32. The number of benzene rings is 6. The molecule has 0 radical (unpaired) electrons. The van der Waals surface area contributed by atoms with Gasteiger partial charge in [0.1, 0.15) is 0 Å². The molecule has 0 bridgehead atoms. The molecule has 6 aromatic carbocycles. The molecule has 0 fully saturated rings. The summed E-state index contributed by atoms with van der Waals surface area (Å²) in [4.78, 5) is 13.1. The zero-order valence-corrected chi connectivity index (χ0v) is 25.8. The number of fused-ring (bicyclic) bond motifs is 9. The maximum absolute atomic E-state index is 5.36. The van der Waals surface area contributed by atoms with Crippen LogP contribution in [0, 0.1) is 0 Å². The van der Waals surface area contributed by atoms with Gasteiger partial charge in [-0.1, -0.05) is 135 Å². The van der Waals surface area contributed by atoms with Gasteiger partial charge in [0, 0.05) is 32.0 Å². The highest BCUT2D eigenvalue weighted by atomic mass is 32.1. The molecule has 0 aliphatic carbocycles. The number of rotatable bonds is 3. The molecular weight excluding hydrogens is 567 g/mol. The summed E-state index contributed by atoms with van der Waals surface area (Å²) in [5.74, 6) is 0.674. The lowest BCUT2D eigenvalue weighted by atomic mass is 9.71. The van der Waals surface area contributed by atoms with Gasteiger partial charge in [-0.25, -0.2) is 9.97 Å². The van der Waals surface area contributed by atoms with Gasteiger partial charge in [0.25, 0.3) is 0 Å². The third-order valence-corrected chi connectivity index (χ3v) is 10.4. The van der Waals surface area contributed by atoms with E-state index in [0.717, 1.165) is 28.2 Å². The molecule has 0 spiro atoms. The first-order chi connectivity index (χ1) is 22.1. The van der Waals surface area contributed by atoms with Gasteiger partial charge in [0.2, 0.25) is 5.95 Å². The number of nitrogens with zero attached hydrogens (tertiary/aromatic N) is 3. The Kier molecular flexibility index (Phi) is 5.71. The van der Waals surface area contributed by atoms with Gasteiger partial charge >= 0.3 is 0 Å². The predicted octanol–water partition coefficient (Wildman–Crippen LogP) is 11.4. The van der Waals surface area contributed by atoms with Crippen LogP contribution in [-0.2, 0) is 5.41 Å². The molecule has 0 atom stereocenters. The maximum Gasteiger partial charge on any atom is 0.235 e. The van der Waals surface area contributed by atoms with Crippen LogP contribution in [0.15, 0.2) is 140 Å². The zero-order chi connectivity index (χ0) is 30.1. The van der Waals surface area contributed by atoms with Gasteiger partial charge in [-0.3, -0.25) is 4.90 Å². The first-order valence-corrected chi connectivity index (χ1v) is 16.2. The second-order valence-electron chi connectivity index (χ2n) is 12.2. The summed E-state index contributed by atoms with van der Waals surface area (Å²) in [6.45, 7) is 4.73. The van der Waals surface area contributed by atoms with Crippen molar-refractivity contribution in [1.29, 1.82) is 0 Å². The molecule has 4 heteroatoms. The molecule has 8 aromatic rings. The van der Waals surface area contributed by atoms with Crippen LogP contribution in [0.2, 0.25) is 0 Å². The molecule has 1 aliphatic heterocycles. The van der Waals surface area contributed by atoms with E-state index in [0.29, 0.717) is 5.95 Å². The molecule has 9 rings (SSSR count). The first kappa shape index (κ1) is 26.1. The molecule has 0 saturated heterocycles. The molecule has 3 heterocycles. The van der Waals surface area contributed by atoms with Crippen molar-refractivity contribution in [1.82, 2.24) is 9.97 Å². The van der Waals surface area contributed by atoms with Gasteiger partial charge in [-0.2, -0.15) is 0 Å². The van der Waals surface area contributed by atoms with Crippen LogP contribution < -0.4 is 4.90 Å². The van der Waals surface area contributed by atoms with E-state index in [1.54, 1.807) is 0 Å². The largest absolute Gasteiger partial charge is 0.277 e. The third kappa shape index (κ3) is 3.89. The molecule has 1 aliphatic rings. The summed E-state index contributed by atoms with van der Waals surface area (Å²) in [5.41, 5.74) is 8.54. The Morgan fingerprint density at radius 3 is 1.82 bits per heavy atom. The summed E-state index contributed by atoms with van der Waals surface area (Å²) in [5, 5.41) is 5.15. The topological polar surface area (TPSA) is 29.0 Å². The van der Waals surface area contributed by atoms with Crippen molar-refractivity contribution in [3.8, 4) is 22.5 Å². The second-order valence-corrected chi connectivity index (χ2v) is 13.3. The van der Waals surface area contributed by atoms with E-state index in [2.05, 4.69) is 146 Å². The average molecular weight is 596 g/mol. The van der Waals surface area contributed by atoms with Crippen molar-refractivity contribution >= 4 is 59.6 Å². The van der Waals surface area contributed by atoms with Gasteiger partial charge in [0.15, 0.2) is 0 Å². The van der Waals surface area contributed by atoms with Crippen molar-refractivity contribution in [2.45, 2.75) is 19.3 Å². The highest BCUT2D eigenvalue weighted by Crippen LogP contribution is 2.58. The van der Waals surface area contributed by atoms with Crippen LogP contribution in [0.5, 0.6) is 0 Å². The number of para-hydroxylation sites is 1. The van der Waals surface area contributed by atoms with Crippen molar-refractivity contribution in [2.75, 3.05) is 4.90 Å². The lowest BCUT2D eigenvalue weighted by Crippen LogP contribution is -2.32. The fraction of sp³-hybridized carbons (Fsp3) is 0.0732. The van der Waals surface area contributed by atoms with Crippen molar-refractivity contribution in [3.05, 3.63) is 151 Å². The van der Waals surface area contributed by atoms with Crippen LogP contribution in [0.4, 0.5) is 17.3 Å².